The third-order valence-corrected chi connectivity index (χ3v) is 6.70. The lowest BCUT2D eigenvalue weighted by Gasteiger charge is -2.21. The number of aryl methyl sites for hydroxylation is 1. The van der Waals surface area contributed by atoms with E-state index in [4.69, 9.17) is 21.7 Å². The molecule has 0 aliphatic heterocycles. The maximum atomic E-state index is 11.4. The van der Waals surface area contributed by atoms with Crippen LogP contribution >= 0.6 is 12.2 Å². The zero-order chi connectivity index (χ0) is 27.5. The highest BCUT2D eigenvalue weighted by Crippen LogP contribution is 2.25. The molecule has 0 spiro atoms. The van der Waals surface area contributed by atoms with Crippen LogP contribution in [0.5, 0.6) is 0 Å². The van der Waals surface area contributed by atoms with Gasteiger partial charge in [-0.3, -0.25) is 0 Å². The summed E-state index contributed by atoms with van der Waals surface area (Å²) in [5, 5.41) is 13.0. The fourth-order valence-corrected chi connectivity index (χ4v) is 4.39. The molecule has 6 heteroatoms. The number of carboxylic acids is 1. The molecule has 3 aromatic carbocycles. The van der Waals surface area contributed by atoms with Crippen LogP contribution in [-0.4, -0.2) is 29.0 Å². The van der Waals surface area contributed by atoms with Gasteiger partial charge < -0.3 is 19.9 Å². The fourth-order valence-electron chi connectivity index (χ4n) is 4.20. The van der Waals surface area contributed by atoms with Gasteiger partial charge in [0.25, 0.3) is 5.17 Å². The Balaban J connectivity index is 1.58. The van der Waals surface area contributed by atoms with Crippen molar-refractivity contribution in [1.29, 1.82) is 0 Å². The molecular formula is C32H39NO4S. The molecule has 38 heavy (non-hydrogen) atoms. The molecule has 202 valence electrons. The van der Waals surface area contributed by atoms with Crippen LogP contribution in [0.2, 0.25) is 0 Å². The highest BCUT2D eigenvalue weighted by molar-refractivity contribution is 7.80. The predicted molar refractivity (Wildman–Crippen MR) is 156 cm³/mol. The number of thiocarbonyl (C=S) groups is 1. The Bertz CT molecular complexity index is 1150. The van der Waals surface area contributed by atoms with E-state index in [0.29, 0.717) is 24.7 Å². The zero-order valence-corrected chi connectivity index (χ0v) is 23.6. The van der Waals surface area contributed by atoms with Crippen molar-refractivity contribution < 1.29 is 19.4 Å². The Morgan fingerprint density at radius 1 is 0.921 bits per heavy atom. The number of benzene rings is 3. The molecule has 2 atom stereocenters. The van der Waals surface area contributed by atoms with Gasteiger partial charge in [-0.25, -0.2) is 4.79 Å². The average molecular weight is 534 g/mol. The number of carboxylic acid groups (broad SMARTS) is 1. The maximum Gasteiger partial charge on any atom is 0.333 e. The first-order valence-corrected chi connectivity index (χ1v) is 13.6. The molecular weight excluding hydrogens is 494 g/mol. The number of nitrogens with one attached hydrogen (secondary N) is 1. The van der Waals surface area contributed by atoms with Crippen molar-refractivity contribution in [3.05, 3.63) is 107 Å². The molecule has 0 heterocycles. The van der Waals surface area contributed by atoms with Crippen molar-refractivity contribution in [2.75, 3.05) is 6.61 Å². The van der Waals surface area contributed by atoms with Gasteiger partial charge in [0.15, 0.2) is 6.10 Å². The van der Waals surface area contributed by atoms with Crippen LogP contribution in [-0.2, 0) is 39.1 Å². The Labute approximate surface area is 232 Å². The van der Waals surface area contributed by atoms with Crippen molar-refractivity contribution in [2.45, 2.75) is 71.1 Å². The third-order valence-electron chi connectivity index (χ3n) is 6.46. The molecule has 0 saturated carbocycles. The summed E-state index contributed by atoms with van der Waals surface area (Å²) in [6.07, 6.45) is 0.880. The number of carbonyl (C=O) groups is 1. The van der Waals surface area contributed by atoms with Gasteiger partial charge in [-0.1, -0.05) is 99.6 Å². The standard InChI is InChI=1S/C32H39NO4S/c1-5-36-29(30(34)35)21-24-13-11-23(12-14-24)17-20-28(26-9-7-6-8-10-26)37-31(38)33-22-25-15-18-27(19-16-25)32(2,3)4/h6-16,18-19,28-29H,5,17,20-22H2,1-4H3,(H,33,38)(H,34,35)/t28?,29-/m0/s1. The van der Waals surface area contributed by atoms with Gasteiger partial charge in [0.1, 0.15) is 6.10 Å². The summed E-state index contributed by atoms with van der Waals surface area (Å²) in [5.41, 5.74) is 5.73. The van der Waals surface area contributed by atoms with E-state index < -0.39 is 12.1 Å². The van der Waals surface area contributed by atoms with Crippen LogP contribution in [0.4, 0.5) is 0 Å². The summed E-state index contributed by atoms with van der Waals surface area (Å²) >= 11 is 5.55. The first kappa shape index (κ1) is 29.3. The van der Waals surface area contributed by atoms with Gasteiger partial charge in [-0.05, 0) is 65.2 Å². The van der Waals surface area contributed by atoms with E-state index in [-0.39, 0.29) is 11.5 Å². The Kier molecular flexibility index (Phi) is 10.9. The number of aliphatic carboxylic acids is 1. The van der Waals surface area contributed by atoms with E-state index in [9.17, 15) is 9.90 Å². The molecule has 0 aliphatic carbocycles. The third kappa shape index (κ3) is 9.26. The topological polar surface area (TPSA) is 67.8 Å². The van der Waals surface area contributed by atoms with E-state index in [0.717, 1.165) is 35.1 Å². The van der Waals surface area contributed by atoms with Crippen LogP contribution in [0.25, 0.3) is 0 Å². The van der Waals surface area contributed by atoms with Gasteiger partial charge in [-0.15, -0.1) is 0 Å². The van der Waals surface area contributed by atoms with Gasteiger partial charge in [-0.2, -0.15) is 0 Å². The van der Waals surface area contributed by atoms with Crippen molar-refractivity contribution in [3.8, 4) is 0 Å². The molecule has 5 nitrogen and oxygen atoms in total. The van der Waals surface area contributed by atoms with Gasteiger partial charge in [0, 0.05) is 19.6 Å². The average Bonchev–Trinajstić information content (AvgIpc) is 2.90. The van der Waals surface area contributed by atoms with Crippen LogP contribution in [0.3, 0.4) is 0 Å². The van der Waals surface area contributed by atoms with Crippen LogP contribution < -0.4 is 5.32 Å². The van der Waals surface area contributed by atoms with E-state index in [1.807, 2.05) is 42.5 Å². The molecule has 2 N–H and O–H groups in total. The minimum Gasteiger partial charge on any atom is -0.479 e. The molecule has 0 aromatic heterocycles. The quantitative estimate of drug-likeness (QED) is 0.250. The second-order valence-electron chi connectivity index (χ2n) is 10.4. The summed E-state index contributed by atoms with van der Waals surface area (Å²) in [6.45, 7) is 9.40. The van der Waals surface area contributed by atoms with Crippen molar-refractivity contribution in [2.24, 2.45) is 0 Å². The highest BCUT2D eigenvalue weighted by Gasteiger charge is 2.19. The molecule has 0 bridgehead atoms. The number of ether oxygens (including phenoxy) is 2. The summed E-state index contributed by atoms with van der Waals surface area (Å²) < 4.78 is 11.6. The Hall–Kier alpha value is -3.22. The van der Waals surface area contributed by atoms with E-state index in [1.54, 1.807) is 6.92 Å². The van der Waals surface area contributed by atoms with E-state index in [2.05, 4.69) is 62.5 Å². The van der Waals surface area contributed by atoms with Crippen molar-refractivity contribution in [1.82, 2.24) is 5.32 Å². The molecule has 3 rings (SSSR count). The number of hydrogen-bond acceptors (Lipinski definition) is 4. The molecule has 0 fully saturated rings. The molecule has 3 aromatic rings. The van der Waals surface area contributed by atoms with E-state index in [1.165, 1.54) is 5.56 Å². The first-order chi connectivity index (χ1) is 18.2. The lowest BCUT2D eigenvalue weighted by Crippen LogP contribution is -2.26. The Morgan fingerprint density at radius 3 is 2.11 bits per heavy atom. The smallest absolute Gasteiger partial charge is 0.333 e. The van der Waals surface area contributed by atoms with Crippen LogP contribution in [0.1, 0.15) is 68.0 Å². The first-order valence-electron chi connectivity index (χ1n) is 13.2. The second kappa shape index (κ2) is 14.1. The summed E-state index contributed by atoms with van der Waals surface area (Å²) in [4.78, 5) is 11.4. The fraction of sp³-hybridized carbons (Fsp3) is 0.375. The predicted octanol–water partition coefficient (Wildman–Crippen LogP) is 6.78. The molecule has 0 radical (unpaired) electrons. The zero-order valence-electron chi connectivity index (χ0n) is 22.8. The van der Waals surface area contributed by atoms with E-state index >= 15 is 0 Å². The normalized spacial score (nSPS) is 12.9. The lowest BCUT2D eigenvalue weighted by molar-refractivity contribution is -0.149. The minimum atomic E-state index is -0.940. The highest BCUT2D eigenvalue weighted by atomic mass is 32.1. The Morgan fingerprint density at radius 2 is 1.53 bits per heavy atom. The maximum absolute atomic E-state index is 11.4. The summed E-state index contributed by atoms with van der Waals surface area (Å²) in [6, 6.07) is 26.7. The monoisotopic (exact) mass is 533 g/mol. The number of rotatable bonds is 12. The SMILES string of the molecule is CCO[C@@H](Cc1ccc(CCC(OC(=S)NCc2ccc(C(C)(C)C)cc2)c2ccccc2)cc1)C(=O)O. The number of hydrogen-bond donors (Lipinski definition) is 2. The van der Waals surface area contributed by atoms with Crippen molar-refractivity contribution >= 4 is 23.4 Å². The minimum absolute atomic E-state index is 0.123. The van der Waals surface area contributed by atoms with Gasteiger partial charge >= 0.3 is 5.97 Å². The summed E-state index contributed by atoms with van der Waals surface area (Å²) in [5.74, 6) is -0.940. The summed E-state index contributed by atoms with van der Waals surface area (Å²) in [7, 11) is 0. The van der Waals surface area contributed by atoms with Gasteiger partial charge in [0.2, 0.25) is 0 Å². The molecule has 0 aliphatic rings. The molecule has 0 saturated heterocycles. The van der Waals surface area contributed by atoms with Crippen LogP contribution in [0.15, 0.2) is 78.9 Å². The molecule has 1 unspecified atom stereocenters. The van der Waals surface area contributed by atoms with Gasteiger partial charge in [0.05, 0.1) is 0 Å². The second-order valence-corrected chi connectivity index (χ2v) is 10.8. The largest absolute Gasteiger partial charge is 0.479 e. The van der Waals surface area contributed by atoms with Crippen LogP contribution in [0, 0.1) is 0 Å². The lowest BCUT2D eigenvalue weighted by atomic mass is 9.87. The van der Waals surface area contributed by atoms with Crippen molar-refractivity contribution in [3.63, 3.8) is 0 Å². The molecule has 0 amide bonds.